The van der Waals surface area contributed by atoms with Gasteiger partial charge in [0.05, 0.1) is 50.2 Å². The third-order valence-corrected chi connectivity index (χ3v) is 3.35. The summed E-state index contributed by atoms with van der Waals surface area (Å²) in [7, 11) is 1.35. The van der Waals surface area contributed by atoms with E-state index in [-0.39, 0.29) is 25.5 Å². The van der Waals surface area contributed by atoms with Gasteiger partial charge in [0.1, 0.15) is 6.54 Å². The van der Waals surface area contributed by atoms with Crippen molar-refractivity contribution < 1.29 is 14.3 Å². The molecule has 0 N–H and O–H groups in total. The smallest absolute Gasteiger partial charge is 0.309 e. The topological polar surface area (TPSA) is 86.4 Å². The summed E-state index contributed by atoms with van der Waals surface area (Å²) in [5, 5.41) is 18.1. The van der Waals surface area contributed by atoms with Crippen LogP contribution in [-0.4, -0.2) is 32.8 Å². The van der Waals surface area contributed by atoms with E-state index in [0.29, 0.717) is 17.9 Å². The van der Waals surface area contributed by atoms with E-state index < -0.39 is 0 Å². The van der Waals surface area contributed by atoms with Gasteiger partial charge in [0, 0.05) is 5.69 Å². The summed E-state index contributed by atoms with van der Waals surface area (Å²) in [5.74, 6) is -0.305. The van der Waals surface area contributed by atoms with Crippen LogP contribution in [-0.2, 0) is 20.7 Å². The number of rotatable bonds is 5. The number of carbonyl (C=O) groups excluding carboxylic acids is 1. The van der Waals surface area contributed by atoms with Crippen LogP contribution < -0.4 is 4.90 Å². The molecule has 0 aromatic heterocycles. The minimum absolute atomic E-state index is 0.125. The molecule has 0 saturated carbocycles. The number of nitriles is 2. The van der Waals surface area contributed by atoms with Gasteiger partial charge in [0.25, 0.3) is 0 Å². The molecule has 0 bridgehead atoms. The van der Waals surface area contributed by atoms with Gasteiger partial charge in [-0.1, -0.05) is 26.0 Å². The van der Waals surface area contributed by atoms with E-state index in [1.165, 1.54) is 7.11 Å². The maximum absolute atomic E-state index is 11.3. The molecule has 0 atom stereocenters. The zero-order valence-electron chi connectivity index (χ0n) is 14.2. The maximum atomic E-state index is 11.3. The van der Waals surface area contributed by atoms with Crippen molar-refractivity contribution in [2.24, 2.45) is 0 Å². The van der Waals surface area contributed by atoms with Gasteiger partial charge in [-0.05, 0) is 17.7 Å². The van der Waals surface area contributed by atoms with Gasteiger partial charge in [-0.15, -0.1) is 0 Å². The molecule has 6 heteroatoms. The van der Waals surface area contributed by atoms with Crippen LogP contribution in [0.3, 0.4) is 0 Å². The van der Waals surface area contributed by atoms with Gasteiger partial charge in [-0.2, -0.15) is 10.5 Å². The van der Waals surface area contributed by atoms with Crippen molar-refractivity contribution in [1.29, 1.82) is 10.5 Å². The fourth-order valence-electron chi connectivity index (χ4n) is 2.20. The Morgan fingerprint density at radius 2 is 1.92 bits per heavy atom. The largest absolute Gasteiger partial charge is 0.469 e. The third-order valence-electron chi connectivity index (χ3n) is 3.35. The molecular formula is C18H21N3O3. The fraction of sp³-hybridized carbons (Fsp3) is 0.389. The van der Waals surface area contributed by atoms with Crippen molar-refractivity contribution >= 4 is 11.7 Å². The van der Waals surface area contributed by atoms with E-state index in [0.717, 1.165) is 11.3 Å². The molecule has 0 spiro atoms. The number of carbonyl (C=O) groups is 1. The Bertz CT molecular complexity index is 666. The second-order valence-corrected chi connectivity index (χ2v) is 4.69. The van der Waals surface area contributed by atoms with E-state index in [4.69, 9.17) is 15.3 Å². The van der Waals surface area contributed by atoms with Gasteiger partial charge in [0.15, 0.2) is 0 Å². The average molecular weight is 327 g/mol. The Morgan fingerprint density at radius 1 is 1.25 bits per heavy atom. The first-order chi connectivity index (χ1) is 11.7. The molecule has 0 amide bonds. The van der Waals surface area contributed by atoms with Crippen LogP contribution in [0.15, 0.2) is 35.5 Å². The average Bonchev–Trinajstić information content (AvgIpc) is 3.10. The molecular weight excluding hydrogens is 306 g/mol. The summed E-state index contributed by atoms with van der Waals surface area (Å²) >= 11 is 0. The molecule has 1 aliphatic rings. The van der Waals surface area contributed by atoms with E-state index >= 15 is 0 Å². The SMILES string of the molecule is CC.COC(=O)Cc1ccc(N(CC#N)C2=C(C#N)COC2)cc1. The maximum Gasteiger partial charge on any atom is 0.309 e. The molecule has 0 fully saturated rings. The van der Waals surface area contributed by atoms with Crippen LogP contribution >= 0.6 is 0 Å². The van der Waals surface area contributed by atoms with E-state index in [2.05, 4.69) is 16.9 Å². The number of hydrogen-bond acceptors (Lipinski definition) is 6. The minimum atomic E-state index is -0.305. The number of ether oxygens (including phenoxy) is 2. The predicted molar refractivity (Wildman–Crippen MR) is 89.9 cm³/mol. The lowest BCUT2D eigenvalue weighted by Crippen LogP contribution is -2.24. The van der Waals surface area contributed by atoms with Crippen molar-refractivity contribution in [3.8, 4) is 12.1 Å². The summed E-state index contributed by atoms with van der Waals surface area (Å²) in [6.45, 7) is 4.71. The lowest BCUT2D eigenvalue weighted by molar-refractivity contribution is -0.139. The van der Waals surface area contributed by atoms with Crippen LogP contribution in [0, 0.1) is 22.7 Å². The molecule has 0 aliphatic carbocycles. The van der Waals surface area contributed by atoms with Crippen molar-refractivity contribution in [3.63, 3.8) is 0 Å². The second kappa shape index (κ2) is 10.0. The van der Waals surface area contributed by atoms with Gasteiger partial charge in [-0.3, -0.25) is 4.79 Å². The number of methoxy groups -OCH3 is 1. The molecule has 2 rings (SSSR count). The standard InChI is InChI=1S/C16H15N3O3.C2H6/c1-21-16(20)8-12-2-4-14(5-3-12)19(7-6-17)15-11-22-10-13(15)9-18;1-2/h2-5H,7-8,10-11H2,1H3;1-2H3. The molecule has 1 heterocycles. The van der Waals surface area contributed by atoms with Gasteiger partial charge in [-0.25, -0.2) is 0 Å². The van der Waals surface area contributed by atoms with Gasteiger partial charge in [0.2, 0.25) is 0 Å². The highest BCUT2D eigenvalue weighted by molar-refractivity contribution is 5.72. The molecule has 1 aromatic rings. The molecule has 0 unspecified atom stereocenters. The highest BCUT2D eigenvalue weighted by atomic mass is 16.5. The predicted octanol–water partition coefficient (Wildman–Crippen LogP) is 2.57. The zero-order chi connectivity index (χ0) is 17.9. The summed E-state index contributed by atoms with van der Waals surface area (Å²) < 4.78 is 9.92. The number of esters is 1. The number of nitrogens with zero attached hydrogens (tertiary/aromatic N) is 3. The first-order valence-corrected chi connectivity index (χ1v) is 7.69. The summed E-state index contributed by atoms with van der Waals surface area (Å²) in [5.41, 5.74) is 2.85. The molecule has 0 saturated heterocycles. The summed E-state index contributed by atoms with van der Waals surface area (Å²) in [6, 6.07) is 11.4. The molecule has 6 nitrogen and oxygen atoms in total. The number of hydrogen-bond donors (Lipinski definition) is 0. The van der Waals surface area contributed by atoms with Gasteiger partial charge >= 0.3 is 5.97 Å². The second-order valence-electron chi connectivity index (χ2n) is 4.69. The lowest BCUT2D eigenvalue weighted by Gasteiger charge is -2.23. The van der Waals surface area contributed by atoms with Crippen LogP contribution in [0.5, 0.6) is 0 Å². The minimum Gasteiger partial charge on any atom is -0.469 e. The van der Waals surface area contributed by atoms with Crippen molar-refractivity contribution in [1.82, 2.24) is 0 Å². The molecule has 1 aliphatic heterocycles. The first-order valence-electron chi connectivity index (χ1n) is 7.69. The summed E-state index contributed by atoms with van der Waals surface area (Å²) in [4.78, 5) is 13.0. The van der Waals surface area contributed by atoms with Crippen LogP contribution in [0.25, 0.3) is 0 Å². The normalized spacial score (nSPS) is 12.5. The highest BCUT2D eigenvalue weighted by Gasteiger charge is 2.22. The van der Waals surface area contributed by atoms with Crippen LogP contribution in [0.1, 0.15) is 19.4 Å². The Labute approximate surface area is 142 Å². The molecule has 24 heavy (non-hydrogen) atoms. The Balaban J connectivity index is 0.00000139. The molecule has 0 radical (unpaired) electrons. The van der Waals surface area contributed by atoms with Gasteiger partial charge < -0.3 is 14.4 Å². The van der Waals surface area contributed by atoms with Crippen molar-refractivity contribution in [2.45, 2.75) is 20.3 Å². The quantitative estimate of drug-likeness (QED) is 0.610. The number of anilines is 1. The number of benzene rings is 1. The molecule has 126 valence electrons. The van der Waals surface area contributed by atoms with Crippen LogP contribution in [0.2, 0.25) is 0 Å². The Morgan fingerprint density at radius 3 is 2.46 bits per heavy atom. The van der Waals surface area contributed by atoms with Crippen molar-refractivity contribution in [2.75, 3.05) is 31.8 Å². The van der Waals surface area contributed by atoms with Crippen LogP contribution in [0.4, 0.5) is 5.69 Å². The fourth-order valence-corrected chi connectivity index (χ4v) is 2.20. The zero-order valence-corrected chi connectivity index (χ0v) is 14.2. The Kier molecular flexibility index (Phi) is 8.04. The van der Waals surface area contributed by atoms with Crippen molar-refractivity contribution in [3.05, 3.63) is 41.1 Å². The lowest BCUT2D eigenvalue weighted by atomic mass is 10.1. The van der Waals surface area contributed by atoms with E-state index in [9.17, 15) is 4.79 Å². The Hall–Kier alpha value is -2.83. The molecule has 1 aromatic carbocycles. The first kappa shape index (κ1) is 19.2. The van der Waals surface area contributed by atoms with E-state index in [1.807, 2.05) is 26.0 Å². The highest BCUT2D eigenvalue weighted by Crippen LogP contribution is 2.25. The van der Waals surface area contributed by atoms with E-state index in [1.54, 1.807) is 17.0 Å². The third kappa shape index (κ3) is 4.84. The monoisotopic (exact) mass is 327 g/mol. The summed E-state index contributed by atoms with van der Waals surface area (Å²) in [6.07, 6.45) is 0.199.